The van der Waals surface area contributed by atoms with Crippen molar-refractivity contribution in [3.8, 4) is 0 Å². The summed E-state index contributed by atoms with van der Waals surface area (Å²) in [5, 5.41) is 4.09. The van der Waals surface area contributed by atoms with Crippen LogP contribution in [-0.4, -0.2) is 43.6 Å². The molecule has 0 aliphatic rings. The number of hydrogen-bond acceptors (Lipinski definition) is 5. The number of nitrogens with two attached hydrogens (primary N) is 1. The van der Waals surface area contributed by atoms with E-state index in [2.05, 4.69) is 21.0 Å². The maximum Gasteiger partial charge on any atom is 0.283 e. The Bertz CT molecular complexity index is 421. The highest BCUT2D eigenvalue weighted by atomic mass is 79.9. The molecule has 0 spiro atoms. The molecule has 0 aliphatic carbocycles. The lowest BCUT2D eigenvalue weighted by Gasteiger charge is -2.19. The first-order valence-corrected chi connectivity index (χ1v) is 6.07. The zero-order chi connectivity index (χ0) is 12.8. The van der Waals surface area contributed by atoms with Gasteiger partial charge in [0.05, 0.1) is 25.0 Å². The van der Waals surface area contributed by atoms with Crippen LogP contribution in [0.2, 0.25) is 0 Å². The van der Waals surface area contributed by atoms with Crippen LogP contribution in [0.3, 0.4) is 0 Å². The predicted molar refractivity (Wildman–Crippen MR) is 70.4 cm³/mol. The molecule has 0 amide bonds. The summed E-state index contributed by atoms with van der Waals surface area (Å²) in [4.78, 5) is 13.8. The van der Waals surface area contributed by atoms with E-state index in [-0.39, 0.29) is 5.56 Å². The van der Waals surface area contributed by atoms with Gasteiger partial charge in [-0.25, -0.2) is 4.68 Å². The van der Waals surface area contributed by atoms with Crippen LogP contribution >= 0.6 is 15.9 Å². The Morgan fingerprint density at radius 3 is 2.94 bits per heavy atom. The molecule has 6 nitrogen and oxygen atoms in total. The second kappa shape index (κ2) is 6.73. The molecule has 7 heteroatoms. The molecule has 1 heterocycles. The van der Waals surface area contributed by atoms with Gasteiger partial charge in [0.25, 0.3) is 5.56 Å². The highest BCUT2D eigenvalue weighted by Crippen LogP contribution is 2.19. The maximum atomic E-state index is 11.9. The minimum Gasteiger partial charge on any atom is -0.383 e. The Kier molecular flexibility index (Phi) is 5.60. The van der Waals surface area contributed by atoms with Gasteiger partial charge in [-0.05, 0) is 15.9 Å². The number of hydrogen-bond donors (Lipinski definition) is 1. The van der Waals surface area contributed by atoms with Gasteiger partial charge in [-0.1, -0.05) is 0 Å². The molecule has 17 heavy (non-hydrogen) atoms. The van der Waals surface area contributed by atoms with Crippen LogP contribution in [0.15, 0.2) is 15.5 Å². The van der Waals surface area contributed by atoms with Gasteiger partial charge in [-0.3, -0.25) is 4.79 Å². The lowest BCUT2D eigenvalue weighted by atomic mass is 10.4. The highest BCUT2D eigenvalue weighted by molar-refractivity contribution is 9.10. The third kappa shape index (κ3) is 3.52. The molecule has 0 saturated carbocycles. The van der Waals surface area contributed by atoms with Gasteiger partial charge in [-0.15, -0.1) is 0 Å². The van der Waals surface area contributed by atoms with Gasteiger partial charge in [0.1, 0.15) is 4.47 Å². The Hall–Kier alpha value is -0.920. The fraction of sp³-hybridized carbons (Fsp3) is 0.600. The van der Waals surface area contributed by atoms with E-state index in [1.807, 2.05) is 11.9 Å². The molecule has 0 bridgehead atoms. The summed E-state index contributed by atoms with van der Waals surface area (Å²) in [6.07, 6.45) is 1.65. The van der Waals surface area contributed by atoms with Crippen LogP contribution in [0.25, 0.3) is 0 Å². The second-order valence-corrected chi connectivity index (χ2v) is 4.37. The van der Waals surface area contributed by atoms with E-state index in [0.29, 0.717) is 30.7 Å². The summed E-state index contributed by atoms with van der Waals surface area (Å²) in [6.45, 7) is 2.09. The Morgan fingerprint density at radius 1 is 1.65 bits per heavy atom. The van der Waals surface area contributed by atoms with Crippen molar-refractivity contribution in [2.45, 2.75) is 6.54 Å². The summed E-state index contributed by atoms with van der Waals surface area (Å²) in [7, 11) is 3.46. The smallest absolute Gasteiger partial charge is 0.283 e. The van der Waals surface area contributed by atoms with Gasteiger partial charge in [0, 0.05) is 27.2 Å². The standard InChI is InChI=1S/C10H17BrN4O2/c1-14(4-3-12)8-7-13-15(5-6-17-2)10(16)9(8)11/h7H,3-6,12H2,1-2H3. The number of nitrogens with zero attached hydrogens (tertiary/aromatic N) is 3. The van der Waals surface area contributed by atoms with E-state index in [0.717, 1.165) is 5.69 Å². The Labute approximate surface area is 108 Å². The Morgan fingerprint density at radius 2 is 2.35 bits per heavy atom. The summed E-state index contributed by atoms with van der Waals surface area (Å²) < 4.78 is 6.78. The molecular weight excluding hydrogens is 288 g/mol. The molecule has 1 aromatic heterocycles. The number of aromatic nitrogens is 2. The lowest BCUT2D eigenvalue weighted by molar-refractivity contribution is 0.181. The number of rotatable bonds is 6. The average molecular weight is 305 g/mol. The molecular formula is C10H17BrN4O2. The number of anilines is 1. The van der Waals surface area contributed by atoms with Crippen molar-refractivity contribution >= 4 is 21.6 Å². The number of ether oxygens (including phenoxy) is 1. The van der Waals surface area contributed by atoms with Crippen molar-refractivity contribution in [2.75, 3.05) is 38.8 Å². The van der Waals surface area contributed by atoms with Crippen LogP contribution in [0.4, 0.5) is 5.69 Å². The minimum absolute atomic E-state index is 0.163. The van der Waals surface area contributed by atoms with E-state index < -0.39 is 0 Å². The maximum absolute atomic E-state index is 11.9. The first-order valence-electron chi connectivity index (χ1n) is 5.27. The molecule has 0 radical (unpaired) electrons. The SMILES string of the molecule is COCCn1ncc(N(C)CCN)c(Br)c1=O. The minimum atomic E-state index is -0.163. The summed E-state index contributed by atoms with van der Waals surface area (Å²) in [6, 6.07) is 0. The number of likely N-dealkylation sites (N-methyl/N-ethyl adjacent to an activating group) is 1. The fourth-order valence-corrected chi connectivity index (χ4v) is 1.98. The van der Waals surface area contributed by atoms with Gasteiger partial charge >= 0.3 is 0 Å². The van der Waals surface area contributed by atoms with E-state index >= 15 is 0 Å². The monoisotopic (exact) mass is 304 g/mol. The van der Waals surface area contributed by atoms with Crippen molar-refractivity contribution in [2.24, 2.45) is 5.73 Å². The first-order chi connectivity index (χ1) is 8.11. The number of halogens is 1. The fourth-order valence-electron chi connectivity index (χ4n) is 1.37. The Balaban J connectivity index is 2.98. The van der Waals surface area contributed by atoms with Crippen LogP contribution in [0, 0.1) is 0 Å². The molecule has 0 atom stereocenters. The zero-order valence-corrected chi connectivity index (χ0v) is 11.6. The highest BCUT2D eigenvalue weighted by Gasteiger charge is 2.11. The third-order valence-electron chi connectivity index (χ3n) is 2.35. The van der Waals surface area contributed by atoms with E-state index in [1.165, 1.54) is 4.68 Å². The summed E-state index contributed by atoms with van der Waals surface area (Å²) in [5.74, 6) is 0. The van der Waals surface area contributed by atoms with Crippen LogP contribution in [-0.2, 0) is 11.3 Å². The van der Waals surface area contributed by atoms with E-state index in [1.54, 1.807) is 13.3 Å². The molecule has 0 fully saturated rings. The van der Waals surface area contributed by atoms with Crippen molar-refractivity contribution in [3.05, 3.63) is 21.0 Å². The quantitative estimate of drug-likeness (QED) is 0.804. The molecule has 96 valence electrons. The molecule has 0 unspecified atom stereocenters. The molecule has 0 saturated heterocycles. The average Bonchev–Trinajstić information content (AvgIpc) is 2.31. The normalized spacial score (nSPS) is 10.6. The van der Waals surface area contributed by atoms with Gasteiger partial charge < -0.3 is 15.4 Å². The van der Waals surface area contributed by atoms with Crippen molar-refractivity contribution in [1.82, 2.24) is 9.78 Å². The molecule has 1 aromatic rings. The van der Waals surface area contributed by atoms with Crippen molar-refractivity contribution in [1.29, 1.82) is 0 Å². The molecule has 0 aromatic carbocycles. The summed E-state index contributed by atoms with van der Waals surface area (Å²) >= 11 is 3.30. The van der Waals surface area contributed by atoms with Gasteiger partial charge in [-0.2, -0.15) is 5.10 Å². The molecule has 2 N–H and O–H groups in total. The van der Waals surface area contributed by atoms with Crippen molar-refractivity contribution < 1.29 is 4.74 Å². The second-order valence-electron chi connectivity index (χ2n) is 3.58. The summed E-state index contributed by atoms with van der Waals surface area (Å²) in [5.41, 5.74) is 6.05. The van der Waals surface area contributed by atoms with E-state index in [9.17, 15) is 4.79 Å². The topological polar surface area (TPSA) is 73.4 Å². The van der Waals surface area contributed by atoms with Gasteiger partial charge in [0.2, 0.25) is 0 Å². The molecule has 1 rings (SSSR count). The predicted octanol–water partition coefficient (Wildman–Crippen LogP) is 0.0471. The zero-order valence-electron chi connectivity index (χ0n) is 10.0. The van der Waals surface area contributed by atoms with Crippen molar-refractivity contribution in [3.63, 3.8) is 0 Å². The van der Waals surface area contributed by atoms with E-state index in [4.69, 9.17) is 10.5 Å². The van der Waals surface area contributed by atoms with Crippen LogP contribution < -0.4 is 16.2 Å². The van der Waals surface area contributed by atoms with Gasteiger partial charge in [0.15, 0.2) is 0 Å². The number of methoxy groups -OCH3 is 1. The van der Waals surface area contributed by atoms with Crippen LogP contribution in [0.5, 0.6) is 0 Å². The molecule has 0 aliphatic heterocycles. The van der Waals surface area contributed by atoms with Crippen LogP contribution in [0.1, 0.15) is 0 Å². The first kappa shape index (κ1) is 14.1. The lowest BCUT2D eigenvalue weighted by Crippen LogP contribution is -2.31. The third-order valence-corrected chi connectivity index (χ3v) is 3.09. The largest absolute Gasteiger partial charge is 0.383 e.